The van der Waals surface area contributed by atoms with Gasteiger partial charge in [0, 0.05) is 18.4 Å². The Morgan fingerprint density at radius 3 is 2.15 bits per heavy atom. The number of carbonyl (C=O) groups excluding carboxylic acids is 1. The first kappa shape index (κ1) is 18.6. The predicted molar refractivity (Wildman–Crippen MR) is 110 cm³/mol. The number of aromatic nitrogens is 2. The van der Waals surface area contributed by atoms with Crippen LogP contribution in [0, 0.1) is 0 Å². The van der Waals surface area contributed by atoms with Crippen molar-refractivity contribution < 1.29 is 4.79 Å². The van der Waals surface area contributed by atoms with Crippen LogP contribution in [0.25, 0.3) is 0 Å². The van der Waals surface area contributed by atoms with Crippen molar-refractivity contribution in [3.8, 4) is 0 Å². The van der Waals surface area contributed by atoms with Gasteiger partial charge in [-0.05, 0) is 36.1 Å². The van der Waals surface area contributed by atoms with E-state index in [9.17, 15) is 4.79 Å². The van der Waals surface area contributed by atoms with Crippen molar-refractivity contribution in [1.82, 2.24) is 9.97 Å². The van der Waals surface area contributed by atoms with Gasteiger partial charge in [-0.3, -0.25) is 4.79 Å². The summed E-state index contributed by atoms with van der Waals surface area (Å²) in [6.45, 7) is 4.26. The molecule has 0 aliphatic carbocycles. The molecule has 5 nitrogen and oxygen atoms in total. The number of nitrogens with zero attached hydrogens (tertiary/aromatic N) is 3. The third kappa shape index (κ3) is 4.14. The Morgan fingerprint density at radius 1 is 0.926 bits per heavy atom. The highest BCUT2D eigenvalue weighted by atomic mass is 16.2. The summed E-state index contributed by atoms with van der Waals surface area (Å²) in [6.07, 6.45) is 4.99. The molecule has 0 fully saturated rings. The molecule has 1 N–H and O–H groups in total. The van der Waals surface area contributed by atoms with E-state index in [2.05, 4.69) is 47.3 Å². The van der Waals surface area contributed by atoms with Crippen molar-refractivity contribution in [3.05, 3.63) is 77.7 Å². The summed E-state index contributed by atoms with van der Waals surface area (Å²) in [7, 11) is 1.73. The normalized spacial score (nSPS) is 10.5. The highest BCUT2D eigenvalue weighted by Gasteiger charge is 2.15. The first-order valence-corrected chi connectivity index (χ1v) is 9.17. The predicted octanol–water partition coefficient (Wildman–Crippen LogP) is 4.62. The molecule has 3 aromatic rings. The summed E-state index contributed by atoms with van der Waals surface area (Å²) in [5, 5.41) is 3.37. The van der Waals surface area contributed by atoms with E-state index < -0.39 is 0 Å². The van der Waals surface area contributed by atoms with E-state index in [4.69, 9.17) is 0 Å². The molecule has 0 aliphatic rings. The Morgan fingerprint density at radius 2 is 1.59 bits per heavy atom. The van der Waals surface area contributed by atoms with Crippen molar-refractivity contribution >= 4 is 23.1 Å². The van der Waals surface area contributed by atoms with E-state index in [0.717, 1.165) is 24.2 Å². The summed E-state index contributed by atoms with van der Waals surface area (Å²) in [6, 6.07) is 15.8. The summed E-state index contributed by atoms with van der Waals surface area (Å²) >= 11 is 0. The first-order valence-electron chi connectivity index (χ1n) is 9.17. The zero-order chi connectivity index (χ0) is 19.2. The van der Waals surface area contributed by atoms with Gasteiger partial charge in [0.2, 0.25) is 0 Å². The lowest BCUT2D eigenvalue weighted by molar-refractivity contribution is 0.0988. The van der Waals surface area contributed by atoms with Gasteiger partial charge >= 0.3 is 0 Å². The fourth-order valence-corrected chi connectivity index (χ4v) is 2.97. The summed E-state index contributed by atoms with van der Waals surface area (Å²) in [5.74, 6) is 0.438. The fraction of sp³-hybridized carbons (Fsp3) is 0.227. The molecule has 0 radical (unpaired) electrons. The Labute approximate surface area is 160 Å². The molecule has 0 saturated carbocycles. The Kier molecular flexibility index (Phi) is 5.81. The maximum atomic E-state index is 12.6. The molecule has 0 bridgehead atoms. The van der Waals surface area contributed by atoms with E-state index in [0.29, 0.717) is 11.5 Å². The molecule has 0 saturated heterocycles. The van der Waals surface area contributed by atoms with Crippen LogP contribution in [0.15, 0.2) is 60.9 Å². The molecule has 2 aromatic carbocycles. The smallest absolute Gasteiger partial charge is 0.278 e. The van der Waals surface area contributed by atoms with Gasteiger partial charge in [-0.1, -0.05) is 50.2 Å². The van der Waals surface area contributed by atoms with Gasteiger partial charge in [0.05, 0.1) is 12.4 Å². The van der Waals surface area contributed by atoms with Crippen LogP contribution in [0.1, 0.15) is 35.5 Å². The monoisotopic (exact) mass is 360 g/mol. The van der Waals surface area contributed by atoms with E-state index in [1.807, 2.05) is 30.3 Å². The van der Waals surface area contributed by atoms with Crippen LogP contribution < -0.4 is 10.2 Å². The number of carbonyl (C=O) groups is 1. The molecule has 0 spiro atoms. The number of para-hydroxylation sites is 2. The average molecular weight is 360 g/mol. The topological polar surface area (TPSA) is 58.1 Å². The van der Waals surface area contributed by atoms with Gasteiger partial charge in [0.1, 0.15) is 11.5 Å². The third-order valence-electron chi connectivity index (χ3n) is 4.57. The zero-order valence-electron chi connectivity index (χ0n) is 15.9. The fourth-order valence-electron chi connectivity index (χ4n) is 2.97. The number of hydrogen-bond acceptors (Lipinski definition) is 4. The van der Waals surface area contributed by atoms with Gasteiger partial charge in [-0.15, -0.1) is 0 Å². The second kappa shape index (κ2) is 8.45. The van der Waals surface area contributed by atoms with Crippen LogP contribution in [0.4, 0.5) is 17.2 Å². The lowest BCUT2D eigenvalue weighted by Gasteiger charge is -2.17. The molecule has 27 heavy (non-hydrogen) atoms. The van der Waals surface area contributed by atoms with Crippen LogP contribution in [-0.2, 0) is 12.8 Å². The van der Waals surface area contributed by atoms with Crippen LogP contribution in [0.3, 0.4) is 0 Å². The minimum Gasteiger partial charge on any atom is -0.338 e. The highest BCUT2D eigenvalue weighted by molar-refractivity contribution is 6.04. The number of anilines is 3. The van der Waals surface area contributed by atoms with Crippen LogP contribution in [0.2, 0.25) is 0 Å². The van der Waals surface area contributed by atoms with Crippen LogP contribution in [-0.4, -0.2) is 22.9 Å². The molecular weight excluding hydrogens is 336 g/mol. The molecule has 0 unspecified atom stereocenters. The second-order valence-corrected chi connectivity index (χ2v) is 6.27. The van der Waals surface area contributed by atoms with Gasteiger partial charge in [0.25, 0.3) is 5.91 Å². The van der Waals surface area contributed by atoms with E-state index in [1.165, 1.54) is 17.3 Å². The maximum absolute atomic E-state index is 12.6. The summed E-state index contributed by atoms with van der Waals surface area (Å²) in [5.41, 5.74) is 4.68. The van der Waals surface area contributed by atoms with Crippen molar-refractivity contribution in [3.63, 3.8) is 0 Å². The summed E-state index contributed by atoms with van der Waals surface area (Å²) in [4.78, 5) is 22.9. The number of amides is 1. The van der Waals surface area contributed by atoms with Gasteiger partial charge in [-0.25, -0.2) is 9.97 Å². The van der Waals surface area contributed by atoms with E-state index in [-0.39, 0.29) is 5.91 Å². The van der Waals surface area contributed by atoms with Gasteiger partial charge < -0.3 is 10.2 Å². The molecule has 3 rings (SSSR count). The summed E-state index contributed by atoms with van der Waals surface area (Å²) < 4.78 is 0. The molecular formula is C22H24N4O. The molecule has 1 heterocycles. The van der Waals surface area contributed by atoms with E-state index >= 15 is 0 Å². The average Bonchev–Trinajstić information content (AvgIpc) is 2.74. The van der Waals surface area contributed by atoms with Crippen molar-refractivity contribution in [2.75, 3.05) is 17.3 Å². The zero-order valence-corrected chi connectivity index (χ0v) is 15.9. The minimum atomic E-state index is -0.191. The van der Waals surface area contributed by atoms with Crippen LogP contribution in [0.5, 0.6) is 0 Å². The molecule has 5 heteroatoms. The molecule has 1 amide bonds. The third-order valence-corrected chi connectivity index (χ3v) is 4.57. The SMILES string of the molecule is CCc1cccc(CC)c1Nc1cnc(C(=O)N(C)c2ccccc2)cn1. The van der Waals surface area contributed by atoms with Gasteiger partial charge in [-0.2, -0.15) is 0 Å². The van der Waals surface area contributed by atoms with Crippen molar-refractivity contribution in [1.29, 1.82) is 0 Å². The second-order valence-electron chi connectivity index (χ2n) is 6.27. The molecule has 0 atom stereocenters. The van der Waals surface area contributed by atoms with Crippen molar-refractivity contribution in [2.24, 2.45) is 0 Å². The Hall–Kier alpha value is -3.21. The molecule has 0 aliphatic heterocycles. The number of benzene rings is 2. The molecule has 138 valence electrons. The maximum Gasteiger partial charge on any atom is 0.278 e. The van der Waals surface area contributed by atoms with Crippen LogP contribution >= 0.6 is 0 Å². The van der Waals surface area contributed by atoms with E-state index in [1.54, 1.807) is 18.1 Å². The minimum absolute atomic E-state index is 0.191. The van der Waals surface area contributed by atoms with Gasteiger partial charge in [0.15, 0.2) is 0 Å². The quantitative estimate of drug-likeness (QED) is 0.697. The lowest BCUT2D eigenvalue weighted by atomic mass is 10.0. The number of nitrogens with one attached hydrogen (secondary N) is 1. The number of hydrogen-bond donors (Lipinski definition) is 1. The lowest BCUT2D eigenvalue weighted by Crippen LogP contribution is -2.27. The Bertz CT molecular complexity index is 885. The largest absolute Gasteiger partial charge is 0.338 e. The first-order chi connectivity index (χ1) is 13.1. The number of rotatable bonds is 6. The Balaban J connectivity index is 1.79. The standard InChI is InChI=1S/C22H24N4O/c1-4-16-10-9-11-17(5-2)21(16)25-20-15-23-19(14-24-20)22(27)26(3)18-12-7-6-8-13-18/h6-15H,4-5H2,1-3H3,(H,24,25). The highest BCUT2D eigenvalue weighted by Crippen LogP contribution is 2.25. The van der Waals surface area contributed by atoms with Crippen molar-refractivity contribution in [2.45, 2.75) is 26.7 Å². The number of aryl methyl sites for hydroxylation is 2. The molecule has 1 aromatic heterocycles.